The highest BCUT2D eigenvalue weighted by atomic mass is 16.5. The zero-order chi connectivity index (χ0) is 12.1. The number of furan rings is 1. The van der Waals surface area contributed by atoms with E-state index in [2.05, 4.69) is 10.5 Å². The van der Waals surface area contributed by atoms with Crippen LogP contribution in [0.25, 0.3) is 11.5 Å². The van der Waals surface area contributed by atoms with Crippen LogP contribution >= 0.6 is 0 Å². The first kappa shape index (κ1) is 11.2. The zero-order valence-electron chi connectivity index (χ0n) is 9.34. The molecule has 2 aromatic heterocycles. The van der Waals surface area contributed by atoms with Crippen molar-refractivity contribution >= 4 is 5.91 Å². The van der Waals surface area contributed by atoms with Crippen LogP contribution in [0.1, 0.15) is 12.6 Å². The molecule has 0 radical (unpaired) electrons. The van der Waals surface area contributed by atoms with E-state index in [-0.39, 0.29) is 5.91 Å². The van der Waals surface area contributed by atoms with Gasteiger partial charge in [-0.3, -0.25) is 4.79 Å². The minimum Gasteiger partial charge on any atom is -0.461 e. The summed E-state index contributed by atoms with van der Waals surface area (Å²) in [5.41, 5.74) is 0.647. The third-order valence-corrected chi connectivity index (χ3v) is 2.08. The Bertz CT molecular complexity index is 512. The fraction of sp³-hybridized carbons (Fsp3) is 0.167. The van der Waals surface area contributed by atoms with Gasteiger partial charge in [0.05, 0.1) is 12.8 Å². The van der Waals surface area contributed by atoms with Gasteiger partial charge in [0.1, 0.15) is 5.69 Å². The van der Waals surface area contributed by atoms with Crippen molar-refractivity contribution in [3.8, 4) is 11.5 Å². The van der Waals surface area contributed by atoms with Gasteiger partial charge in [-0.1, -0.05) is 11.2 Å². The lowest BCUT2D eigenvalue weighted by Crippen LogP contribution is -2.20. The van der Waals surface area contributed by atoms with Crippen molar-refractivity contribution in [2.75, 3.05) is 0 Å². The molecule has 2 heterocycles. The molecular formula is C12H12N2O3. The van der Waals surface area contributed by atoms with Gasteiger partial charge in [-0.15, -0.1) is 0 Å². The van der Waals surface area contributed by atoms with E-state index in [0.717, 1.165) is 0 Å². The molecular weight excluding hydrogens is 220 g/mol. The van der Waals surface area contributed by atoms with Gasteiger partial charge in [-0.05, 0) is 25.1 Å². The zero-order valence-corrected chi connectivity index (χ0v) is 9.34. The van der Waals surface area contributed by atoms with Gasteiger partial charge >= 0.3 is 0 Å². The molecule has 2 rings (SSSR count). The van der Waals surface area contributed by atoms with Crippen molar-refractivity contribution < 1.29 is 13.7 Å². The van der Waals surface area contributed by atoms with Crippen LogP contribution in [-0.4, -0.2) is 11.1 Å². The standard InChI is InChI=1S/C12H12N2O3/c1-2-4-12(15)13-8-9-7-11(17-14-9)10-5-3-6-16-10/h2-7H,8H2,1H3,(H,13,15)/b4-2-. The predicted molar refractivity (Wildman–Crippen MR) is 60.9 cm³/mol. The minimum absolute atomic E-state index is 0.157. The van der Waals surface area contributed by atoms with Crippen molar-refractivity contribution in [3.63, 3.8) is 0 Å². The molecule has 0 saturated heterocycles. The summed E-state index contributed by atoms with van der Waals surface area (Å²) in [4.78, 5) is 11.2. The van der Waals surface area contributed by atoms with Crippen LogP contribution in [-0.2, 0) is 11.3 Å². The second-order valence-electron chi connectivity index (χ2n) is 3.38. The molecule has 0 saturated carbocycles. The van der Waals surface area contributed by atoms with Gasteiger partial charge in [0, 0.05) is 6.07 Å². The van der Waals surface area contributed by atoms with Gasteiger partial charge in [0.25, 0.3) is 0 Å². The molecule has 2 aromatic rings. The van der Waals surface area contributed by atoms with E-state index in [1.807, 2.05) is 0 Å². The van der Waals surface area contributed by atoms with Crippen molar-refractivity contribution in [2.24, 2.45) is 0 Å². The molecule has 88 valence electrons. The average Bonchev–Trinajstić information content (AvgIpc) is 2.97. The lowest BCUT2D eigenvalue weighted by atomic mass is 10.3. The van der Waals surface area contributed by atoms with Gasteiger partial charge < -0.3 is 14.3 Å². The molecule has 0 aliphatic heterocycles. The van der Waals surface area contributed by atoms with Crippen LogP contribution in [0.5, 0.6) is 0 Å². The monoisotopic (exact) mass is 232 g/mol. The maximum Gasteiger partial charge on any atom is 0.243 e. The Labute approximate surface area is 98.1 Å². The fourth-order valence-electron chi connectivity index (χ4n) is 1.32. The summed E-state index contributed by atoms with van der Waals surface area (Å²) in [6.07, 6.45) is 4.69. The normalized spacial score (nSPS) is 10.9. The molecule has 0 bridgehead atoms. The van der Waals surface area contributed by atoms with Crippen LogP contribution in [0.4, 0.5) is 0 Å². The topological polar surface area (TPSA) is 68.3 Å². The third-order valence-electron chi connectivity index (χ3n) is 2.08. The summed E-state index contributed by atoms with van der Waals surface area (Å²) in [5.74, 6) is 1.00. The molecule has 0 aliphatic rings. The Balaban J connectivity index is 1.97. The number of carbonyl (C=O) groups excluding carboxylic acids is 1. The highest BCUT2D eigenvalue weighted by Crippen LogP contribution is 2.20. The van der Waals surface area contributed by atoms with Crippen LogP contribution < -0.4 is 5.32 Å². The number of aromatic nitrogens is 1. The molecule has 17 heavy (non-hydrogen) atoms. The summed E-state index contributed by atoms with van der Waals surface area (Å²) in [7, 11) is 0. The second-order valence-corrected chi connectivity index (χ2v) is 3.38. The highest BCUT2D eigenvalue weighted by molar-refractivity contribution is 5.87. The third kappa shape index (κ3) is 2.84. The lowest BCUT2D eigenvalue weighted by Gasteiger charge is -1.96. The molecule has 0 aromatic carbocycles. The number of amides is 1. The summed E-state index contributed by atoms with van der Waals surface area (Å²) in [6.45, 7) is 2.11. The number of allylic oxidation sites excluding steroid dienone is 1. The Morgan fingerprint density at radius 3 is 3.12 bits per heavy atom. The summed E-state index contributed by atoms with van der Waals surface area (Å²) in [5, 5.41) is 6.51. The van der Waals surface area contributed by atoms with Gasteiger partial charge in [0.15, 0.2) is 5.76 Å². The van der Waals surface area contributed by atoms with Crippen molar-refractivity contribution in [2.45, 2.75) is 13.5 Å². The van der Waals surface area contributed by atoms with Gasteiger partial charge in [-0.2, -0.15) is 0 Å². The summed E-state index contributed by atoms with van der Waals surface area (Å²) >= 11 is 0. The van der Waals surface area contributed by atoms with Crippen LogP contribution in [0, 0.1) is 0 Å². The Kier molecular flexibility index (Phi) is 3.40. The maximum absolute atomic E-state index is 11.2. The fourth-order valence-corrected chi connectivity index (χ4v) is 1.32. The molecule has 1 N–H and O–H groups in total. The van der Waals surface area contributed by atoms with Crippen LogP contribution in [0.2, 0.25) is 0 Å². The number of rotatable bonds is 4. The second kappa shape index (κ2) is 5.16. The van der Waals surface area contributed by atoms with Gasteiger partial charge in [-0.25, -0.2) is 0 Å². The summed E-state index contributed by atoms with van der Waals surface area (Å²) in [6, 6.07) is 5.28. The molecule has 5 nitrogen and oxygen atoms in total. The predicted octanol–water partition coefficient (Wildman–Crippen LogP) is 2.13. The van der Waals surface area contributed by atoms with E-state index in [1.54, 1.807) is 37.5 Å². The van der Waals surface area contributed by atoms with E-state index < -0.39 is 0 Å². The van der Waals surface area contributed by atoms with Crippen LogP contribution in [0.15, 0.2) is 45.6 Å². The first-order valence-electron chi connectivity index (χ1n) is 5.19. The highest BCUT2D eigenvalue weighted by Gasteiger charge is 2.08. The smallest absolute Gasteiger partial charge is 0.243 e. The van der Waals surface area contributed by atoms with E-state index in [0.29, 0.717) is 23.8 Å². The molecule has 0 spiro atoms. The van der Waals surface area contributed by atoms with E-state index in [1.165, 1.54) is 6.08 Å². The minimum atomic E-state index is -0.157. The molecule has 0 fully saturated rings. The number of hydrogen-bond donors (Lipinski definition) is 1. The molecule has 0 aliphatic carbocycles. The quantitative estimate of drug-likeness (QED) is 0.820. The van der Waals surface area contributed by atoms with E-state index in [9.17, 15) is 4.79 Å². The van der Waals surface area contributed by atoms with Crippen molar-refractivity contribution in [1.29, 1.82) is 0 Å². The largest absolute Gasteiger partial charge is 0.461 e. The number of carbonyl (C=O) groups is 1. The molecule has 1 amide bonds. The van der Waals surface area contributed by atoms with Crippen LogP contribution in [0.3, 0.4) is 0 Å². The SMILES string of the molecule is C/C=C\C(=O)NCc1cc(-c2ccco2)on1. The number of nitrogens with one attached hydrogen (secondary N) is 1. The molecule has 0 unspecified atom stereocenters. The number of nitrogens with zero attached hydrogens (tertiary/aromatic N) is 1. The Morgan fingerprint density at radius 2 is 2.41 bits per heavy atom. The Hall–Kier alpha value is -2.30. The Morgan fingerprint density at radius 1 is 1.53 bits per heavy atom. The lowest BCUT2D eigenvalue weighted by molar-refractivity contribution is -0.116. The first-order valence-corrected chi connectivity index (χ1v) is 5.19. The van der Waals surface area contributed by atoms with Gasteiger partial charge in [0.2, 0.25) is 11.7 Å². The van der Waals surface area contributed by atoms with E-state index >= 15 is 0 Å². The molecule has 0 atom stereocenters. The average molecular weight is 232 g/mol. The van der Waals surface area contributed by atoms with E-state index in [4.69, 9.17) is 8.94 Å². The molecule has 5 heteroatoms. The first-order chi connectivity index (χ1) is 8.29. The maximum atomic E-state index is 11.2. The van der Waals surface area contributed by atoms with Crippen molar-refractivity contribution in [3.05, 3.63) is 42.3 Å². The van der Waals surface area contributed by atoms with Crippen molar-refractivity contribution in [1.82, 2.24) is 10.5 Å². The summed E-state index contributed by atoms with van der Waals surface area (Å²) < 4.78 is 10.3. The number of hydrogen-bond acceptors (Lipinski definition) is 4.